The fourth-order valence-corrected chi connectivity index (χ4v) is 2.92. The van der Waals surface area contributed by atoms with Crippen LogP contribution in [0.3, 0.4) is 0 Å². The maximum absolute atomic E-state index is 13.1. The highest BCUT2D eigenvalue weighted by atomic mass is 35.5. The summed E-state index contributed by atoms with van der Waals surface area (Å²) < 4.78 is 16.2. The van der Waals surface area contributed by atoms with E-state index in [9.17, 15) is 9.18 Å². The Hall–Kier alpha value is -2.92. The molecule has 0 fully saturated rings. The van der Waals surface area contributed by atoms with Crippen LogP contribution in [-0.4, -0.2) is 14.2 Å². The second-order valence-corrected chi connectivity index (χ2v) is 6.10. The largest absolute Gasteiger partial charge is 0.308 e. The number of aromatic nitrogens is 3. The maximum Gasteiger partial charge on any atom is 0.276 e. The highest BCUT2D eigenvalue weighted by Crippen LogP contribution is 2.19. The van der Waals surface area contributed by atoms with Crippen LogP contribution in [0.1, 0.15) is 5.56 Å². The molecule has 0 aliphatic carbocycles. The van der Waals surface area contributed by atoms with Crippen LogP contribution in [0.25, 0.3) is 16.8 Å². The van der Waals surface area contributed by atoms with Gasteiger partial charge in [0.05, 0.1) is 12.2 Å². The van der Waals surface area contributed by atoms with Crippen LogP contribution in [0.2, 0.25) is 5.02 Å². The molecule has 0 atom stereocenters. The number of rotatable bonds is 3. The highest BCUT2D eigenvalue weighted by Gasteiger charge is 2.10. The zero-order valence-electron chi connectivity index (χ0n) is 13.1. The Bertz CT molecular complexity index is 1120. The van der Waals surface area contributed by atoms with Crippen molar-refractivity contribution in [3.8, 4) is 11.3 Å². The Morgan fingerprint density at radius 3 is 2.56 bits per heavy atom. The van der Waals surface area contributed by atoms with Crippen LogP contribution in [0.15, 0.2) is 71.8 Å². The summed E-state index contributed by atoms with van der Waals surface area (Å²) in [5.74, 6) is -0.311. The number of nitrogens with zero attached hydrogens (tertiary/aromatic N) is 3. The lowest BCUT2D eigenvalue weighted by Crippen LogP contribution is -2.21. The number of halogens is 2. The third-order valence-electron chi connectivity index (χ3n) is 4.04. The average Bonchev–Trinajstić information content (AvgIpc) is 3.05. The fourth-order valence-electron chi connectivity index (χ4n) is 2.72. The van der Waals surface area contributed by atoms with Crippen molar-refractivity contribution in [2.24, 2.45) is 0 Å². The first kappa shape index (κ1) is 15.6. The summed E-state index contributed by atoms with van der Waals surface area (Å²) in [6.45, 7) is 0.381. The second-order valence-electron chi connectivity index (χ2n) is 5.69. The molecule has 2 aromatic carbocycles. The average molecular weight is 354 g/mol. The van der Waals surface area contributed by atoms with E-state index in [0.717, 1.165) is 11.1 Å². The van der Waals surface area contributed by atoms with Gasteiger partial charge in [-0.05, 0) is 42.0 Å². The van der Waals surface area contributed by atoms with Gasteiger partial charge in [0.15, 0.2) is 0 Å². The summed E-state index contributed by atoms with van der Waals surface area (Å²) in [6, 6.07) is 15.1. The van der Waals surface area contributed by atoms with Gasteiger partial charge >= 0.3 is 0 Å². The molecule has 0 bridgehead atoms. The van der Waals surface area contributed by atoms with Crippen molar-refractivity contribution in [3.63, 3.8) is 0 Å². The van der Waals surface area contributed by atoms with E-state index in [2.05, 4.69) is 5.10 Å². The van der Waals surface area contributed by atoms with Gasteiger partial charge in [0.1, 0.15) is 11.3 Å². The molecule has 4 nitrogen and oxygen atoms in total. The summed E-state index contributed by atoms with van der Waals surface area (Å²) in [5, 5.41) is 5.01. The molecule has 6 heteroatoms. The first-order valence-corrected chi connectivity index (χ1v) is 8.08. The minimum atomic E-state index is -0.311. The number of hydrogen-bond acceptors (Lipinski definition) is 2. The van der Waals surface area contributed by atoms with Gasteiger partial charge < -0.3 is 4.57 Å². The van der Waals surface area contributed by atoms with Crippen LogP contribution < -0.4 is 5.56 Å². The standard InChI is InChI=1S/C19H13ClFN3O/c20-16-4-2-1-3-14(16)12-23-9-10-24-18(19(23)25)11-17(22-24)13-5-7-15(21)8-6-13/h1-11H,12H2. The molecule has 0 aliphatic rings. The van der Waals surface area contributed by atoms with E-state index < -0.39 is 0 Å². The molecule has 0 unspecified atom stereocenters. The van der Waals surface area contributed by atoms with E-state index in [4.69, 9.17) is 11.6 Å². The molecule has 0 radical (unpaired) electrons. The van der Waals surface area contributed by atoms with Crippen LogP contribution in [0.4, 0.5) is 4.39 Å². The van der Waals surface area contributed by atoms with Gasteiger partial charge in [0, 0.05) is 23.0 Å². The van der Waals surface area contributed by atoms with Crippen molar-refractivity contribution in [3.05, 3.63) is 93.7 Å². The zero-order valence-corrected chi connectivity index (χ0v) is 13.8. The molecule has 0 saturated heterocycles. The molecule has 2 heterocycles. The molecule has 124 valence electrons. The van der Waals surface area contributed by atoms with Crippen molar-refractivity contribution >= 4 is 17.1 Å². The SMILES string of the molecule is O=c1c2cc(-c3ccc(F)cc3)nn2ccn1Cc1ccccc1Cl. The molecular formula is C19H13ClFN3O. The predicted molar refractivity (Wildman–Crippen MR) is 95.4 cm³/mol. The van der Waals surface area contributed by atoms with Gasteiger partial charge in [-0.15, -0.1) is 0 Å². The third-order valence-corrected chi connectivity index (χ3v) is 4.41. The van der Waals surface area contributed by atoms with Crippen LogP contribution in [0.5, 0.6) is 0 Å². The topological polar surface area (TPSA) is 39.3 Å². The Morgan fingerprint density at radius 1 is 1.04 bits per heavy atom. The summed E-state index contributed by atoms with van der Waals surface area (Å²) in [5.41, 5.74) is 2.53. The van der Waals surface area contributed by atoms with Gasteiger partial charge in [-0.2, -0.15) is 5.10 Å². The lowest BCUT2D eigenvalue weighted by Gasteiger charge is -2.07. The van der Waals surface area contributed by atoms with Gasteiger partial charge in [-0.3, -0.25) is 4.79 Å². The van der Waals surface area contributed by atoms with Crippen LogP contribution in [0, 0.1) is 5.82 Å². The Balaban J connectivity index is 1.76. The maximum atomic E-state index is 13.1. The van der Waals surface area contributed by atoms with E-state index in [-0.39, 0.29) is 11.4 Å². The number of benzene rings is 2. The Morgan fingerprint density at radius 2 is 1.80 bits per heavy atom. The minimum absolute atomic E-state index is 0.164. The monoisotopic (exact) mass is 353 g/mol. The van der Waals surface area contributed by atoms with Crippen LogP contribution >= 0.6 is 11.6 Å². The zero-order chi connectivity index (χ0) is 17.4. The van der Waals surface area contributed by atoms with Crippen molar-refractivity contribution in [2.45, 2.75) is 6.54 Å². The fraction of sp³-hybridized carbons (Fsp3) is 0.0526. The molecule has 4 aromatic rings. The van der Waals surface area contributed by atoms with E-state index in [1.165, 1.54) is 16.6 Å². The summed E-state index contributed by atoms with van der Waals surface area (Å²) in [6.07, 6.45) is 3.40. The molecule has 0 amide bonds. The molecule has 0 spiro atoms. The molecule has 0 saturated carbocycles. The van der Waals surface area contributed by atoms with E-state index >= 15 is 0 Å². The first-order valence-electron chi connectivity index (χ1n) is 7.70. The molecule has 4 rings (SSSR count). The van der Waals surface area contributed by atoms with Crippen molar-refractivity contribution in [1.82, 2.24) is 14.2 Å². The highest BCUT2D eigenvalue weighted by molar-refractivity contribution is 6.31. The van der Waals surface area contributed by atoms with Crippen molar-refractivity contribution < 1.29 is 4.39 Å². The smallest absolute Gasteiger partial charge is 0.276 e. The Labute approximate surface area is 147 Å². The van der Waals surface area contributed by atoms with Gasteiger partial charge in [0.2, 0.25) is 0 Å². The summed E-state index contributed by atoms with van der Waals surface area (Å²) >= 11 is 6.18. The molecular weight excluding hydrogens is 341 g/mol. The van der Waals surface area contributed by atoms with Crippen molar-refractivity contribution in [2.75, 3.05) is 0 Å². The molecule has 0 N–H and O–H groups in total. The van der Waals surface area contributed by atoms with E-state index in [1.807, 2.05) is 18.2 Å². The lowest BCUT2D eigenvalue weighted by atomic mass is 10.1. The quantitative estimate of drug-likeness (QED) is 0.558. The van der Waals surface area contributed by atoms with Gasteiger partial charge in [-0.25, -0.2) is 8.91 Å². The normalized spacial score (nSPS) is 11.1. The van der Waals surface area contributed by atoms with Gasteiger partial charge in [-0.1, -0.05) is 29.8 Å². The molecule has 2 aromatic heterocycles. The number of hydrogen-bond donors (Lipinski definition) is 0. The molecule has 25 heavy (non-hydrogen) atoms. The van der Waals surface area contributed by atoms with Gasteiger partial charge in [0.25, 0.3) is 5.56 Å². The minimum Gasteiger partial charge on any atom is -0.308 e. The molecule has 0 aliphatic heterocycles. The first-order chi connectivity index (χ1) is 12.1. The number of fused-ring (bicyclic) bond motifs is 1. The Kier molecular flexibility index (Phi) is 3.86. The summed E-state index contributed by atoms with van der Waals surface area (Å²) in [7, 11) is 0. The van der Waals surface area contributed by atoms with E-state index in [0.29, 0.717) is 22.8 Å². The predicted octanol–water partition coefficient (Wildman–Crippen LogP) is 4.00. The van der Waals surface area contributed by atoms with Crippen LogP contribution in [-0.2, 0) is 6.54 Å². The third kappa shape index (κ3) is 2.94. The summed E-state index contributed by atoms with van der Waals surface area (Å²) in [4.78, 5) is 12.7. The van der Waals surface area contributed by atoms with Crippen molar-refractivity contribution in [1.29, 1.82) is 0 Å². The lowest BCUT2D eigenvalue weighted by molar-refractivity contribution is 0.628. The second kappa shape index (κ2) is 6.18. The van der Waals surface area contributed by atoms with E-state index in [1.54, 1.807) is 41.2 Å².